The molecule has 0 saturated carbocycles. The van der Waals surface area contributed by atoms with Crippen LogP contribution in [0, 0.1) is 0 Å². The summed E-state index contributed by atoms with van der Waals surface area (Å²) in [6.07, 6.45) is 8.31. The summed E-state index contributed by atoms with van der Waals surface area (Å²) in [4.78, 5) is 17.8. The number of nitrogens with zero attached hydrogens (tertiary/aromatic N) is 3. The second-order valence-electron chi connectivity index (χ2n) is 5.58. The van der Waals surface area contributed by atoms with Gasteiger partial charge in [-0.05, 0) is 25.7 Å². The van der Waals surface area contributed by atoms with E-state index in [0.29, 0.717) is 13.2 Å². The number of piperidine rings is 1. The van der Waals surface area contributed by atoms with Crippen molar-refractivity contribution in [2.45, 2.75) is 65.2 Å². The molecule has 0 bridgehead atoms. The van der Waals surface area contributed by atoms with Gasteiger partial charge in [0.15, 0.2) is 0 Å². The minimum atomic E-state index is -0.471. The molecular formula is C15H31N3O3. The highest BCUT2D eigenvalue weighted by Gasteiger charge is 2.26. The normalized spacial score (nSPS) is 16.0. The maximum absolute atomic E-state index is 12.3. The Bertz CT molecular complexity index is 283. The average molecular weight is 301 g/mol. The summed E-state index contributed by atoms with van der Waals surface area (Å²) in [6, 6.07) is -0.471. The van der Waals surface area contributed by atoms with Crippen LogP contribution >= 0.6 is 0 Å². The van der Waals surface area contributed by atoms with E-state index in [1.165, 1.54) is 5.06 Å². The fourth-order valence-corrected chi connectivity index (χ4v) is 2.39. The van der Waals surface area contributed by atoms with E-state index in [1.54, 1.807) is 5.01 Å². The first-order valence-corrected chi connectivity index (χ1v) is 8.39. The summed E-state index contributed by atoms with van der Waals surface area (Å²) in [5.74, 6) is 0. The van der Waals surface area contributed by atoms with Crippen LogP contribution in [0.1, 0.15) is 65.2 Å². The molecule has 1 heterocycles. The molecule has 6 nitrogen and oxygen atoms in total. The summed E-state index contributed by atoms with van der Waals surface area (Å²) in [7, 11) is 0. The third-order valence-electron chi connectivity index (χ3n) is 3.65. The van der Waals surface area contributed by atoms with E-state index in [-0.39, 0.29) is 0 Å². The molecule has 0 spiro atoms. The van der Waals surface area contributed by atoms with E-state index in [2.05, 4.69) is 6.92 Å². The van der Waals surface area contributed by atoms with Gasteiger partial charge in [0.1, 0.15) is 0 Å². The molecule has 1 aliphatic heterocycles. The number of amides is 2. The van der Waals surface area contributed by atoms with E-state index < -0.39 is 6.03 Å². The molecular weight excluding hydrogens is 270 g/mol. The molecule has 124 valence electrons. The van der Waals surface area contributed by atoms with Crippen molar-refractivity contribution in [2.24, 2.45) is 0 Å². The Kier molecular flexibility index (Phi) is 9.37. The summed E-state index contributed by atoms with van der Waals surface area (Å²) >= 11 is 0. The lowest BCUT2D eigenvalue weighted by Crippen LogP contribution is -2.52. The fraction of sp³-hybridized carbons (Fsp3) is 0.933. The van der Waals surface area contributed by atoms with Crippen LogP contribution in [0.25, 0.3) is 0 Å². The van der Waals surface area contributed by atoms with Crippen molar-refractivity contribution >= 4 is 6.03 Å². The van der Waals surface area contributed by atoms with E-state index in [9.17, 15) is 10.0 Å². The molecule has 0 unspecified atom stereocenters. The van der Waals surface area contributed by atoms with E-state index >= 15 is 0 Å². The van der Waals surface area contributed by atoms with E-state index in [1.807, 2.05) is 6.92 Å². The number of carbonyl (C=O) groups excluding carboxylic acids is 1. The number of urea groups is 1. The predicted octanol–water partition coefficient (Wildman–Crippen LogP) is 3.42. The summed E-state index contributed by atoms with van der Waals surface area (Å²) in [6.45, 7) is 6.62. The molecule has 21 heavy (non-hydrogen) atoms. The molecule has 0 aromatic carbocycles. The lowest BCUT2D eigenvalue weighted by molar-refractivity contribution is -0.238. The van der Waals surface area contributed by atoms with Crippen molar-refractivity contribution in [3.63, 3.8) is 0 Å². The molecule has 0 atom stereocenters. The zero-order chi connectivity index (χ0) is 15.5. The van der Waals surface area contributed by atoms with Crippen molar-refractivity contribution in [3.8, 4) is 0 Å². The van der Waals surface area contributed by atoms with Gasteiger partial charge in [0.05, 0.1) is 13.2 Å². The molecule has 1 aliphatic rings. The van der Waals surface area contributed by atoms with E-state index in [4.69, 9.17) is 4.84 Å². The van der Waals surface area contributed by atoms with Crippen molar-refractivity contribution in [2.75, 3.05) is 26.2 Å². The smallest absolute Gasteiger partial charge is 0.269 e. The van der Waals surface area contributed by atoms with Gasteiger partial charge < -0.3 is 0 Å². The van der Waals surface area contributed by atoms with Crippen LogP contribution in [-0.2, 0) is 4.84 Å². The number of unbranched alkanes of at least 4 members (excludes halogenated alkanes) is 3. The molecule has 6 heteroatoms. The van der Waals surface area contributed by atoms with Crippen molar-refractivity contribution in [3.05, 3.63) is 0 Å². The third kappa shape index (κ3) is 6.63. The Morgan fingerprint density at radius 1 is 1.10 bits per heavy atom. The van der Waals surface area contributed by atoms with Gasteiger partial charge in [-0.3, -0.25) is 10.0 Å². The van der Waals surface area contributed by atoms with Gasteiger partial charge in [0.2, 0.25) is 0 Å². The first-order chi connectivity index (χ1) is 10.2. The second-order valence-corrected chi connectivity index (χ2v) is 5.58. The highest BCUT2D eigenvalue weighted by Crippen LogP contribution is 2.13. The standard InChI is InChI=1S/C15H31N3O3/c1-3-5-6-10-13-17(21-14-4-2)15(19)18(20)16-11-8-7-9-12-16/h20H,3-14H2,1-2H3. The first-order valence-electron chi connectivity index (χ1n) is 8.39. The Morgan fingerprint density at radius 2 is 1.81 bits per heavy atom. The van der Waals surface area contributed by atoms with Crippen LogP contribution in [0.5, 0.6) is 0 Å². The van der Waals surface area contributed by atoms with Crippen LogP contribution in [-0.4, -0.2) is 52.7 Å². The van der Waals surface area contributed by atoms with Crippen LogP contribution in [0.2, 0.25) is 0 Å². The molecule has 0 aromatic rings. The number of rotatable bonds is 9. The monoisotopic (exact) mass is 301 g/mol. The SMILES string of the molecule is CCCCCCN(OCCC)C(=O)N(O)N1CCCCC1. The number of hydrogen-bond acceptors (Lipinski definition) is 4. The Hall–Kier alpha value is -0.850. The zero-order valence-corrected chi connectivity index (χ0v) is 13.6. The van der Waals surface area contributed by atoms with Gasteiger partial charge in [-0.15, -0.1) is 5.17 Å². The lowest BCUT2D eigenvalue weighted by Gasteiger charge is -2.35. The second kappa shape index (κ2) is 10.8. The number of carbonyl (C=O) groups is 1. The van der Waals surface area contributed by atoms with Crippen molar-refractivity contribution in [1.82, 2.24) is 15.2 Å². The summed E-state index contributed by atoms with van der Waals surface area (Å²) in [5, 5.41) is 13.9. The molecule has 1 rings (SSSR count). The van der Waals surface area contributed by atoms with Gasteiger partial charge in [-0.2, -0.15) is 5.01 Å². The number of hydrazine groups is 1. The summed E-state index contributed by atoms with van der Waals surface area (Å²) in [5.41, 5.74) is 0. The van der Waals surface area contributed by atoms with Crippen LogP contribution in [0.4, 0.5) is 4.79 Å². The third-order valence-corrected chi connectivity index (χ3v) is 3.65. The molecule has 1 saturated heterocycles. The topological polar surface area (TPSA) is 56.3 Å². The van der Waals surface area contributed by atoms with Crippen LogP contribution in [0.15, 0.2) is 0 Å². The zero-order valence-electron chi connectivity index (χ0n) is 13.6. The maximum atomic E-state index is 12.3. The average Bonchev–Trinajstić information content (AvgIpc) is 2.53. The minimum absolute atomic E-state index is 0.471. The molecule has 0 aliphatic carbocycles. The number of hydroxylamine groups is 3. The Balaban J connectivity index is 2.47. The number of hydrogen-bond donors (Lipinski definition) is 1. The first kappa shape index (κ1) is 18.2. The molecule has 2 amide bonds. The Labute approximate surface area is 128 Å². The van der Waals surface area contributed by atoms with Gasteiger partial charge in [0.25, 0.3) is 0 Å². The van der Waals surface area contributed by atoms with Gasteiger partial charge in [0, 0.05) is 13.1 Å². The van der Waals surface area contributed by atoms with Gasteiger partial charge in [-0.25, -0.2) is 9.86 Å². The van der Waals surface area contributed by atoms with Gasteiger partial charge >= 0.3 is 6.03 Å². The maximum Gasteiger partial charge on any atom is 0.383 e. The predicted molar refractivity (Wildman–Crippen MR) is 81.5 cm³/mol. The van der Waals surface area contributed by atoms with Crippen molar-refractivity contribution < 1.29 is 14.8 Å². The minimum Gasteiger partial charge on any atom is -0.269 e. The van der Waals surface area contributed by atoms with Gasteiger partial charge in [-0.1, -0.05) is 39.5 Å². The van der Waals surface area contributed by atoms with E-state index in [0.717, 1.165) is 69.6 Å². The quantitative estimate of drug-likeness (QED) is 0.403. The van der Waals surface area contributed by atoms with Crippen molar-refractivity contribution in [1.29, 1.82) is 0 Å². The molecule has 1 N–H and O–H groups in total. The molecule has 1 fully saturated rings. The Morgan fingerprint density at radius 3 is 2.43 bits per heavy atom. The summed E-state index contributed by atoms with van der Waals surface area (Å²) < 4.78 is 0. The molecule has 0 aromatic heterocycles. The van der Waals surface area contributed by atoms with Crippen LogP contribution < -0.4 is 0 Å². The molecule has 0 radical (unpaired) electrons. The fourth-order valence-electron chi connectivity index (χ4n) is 2.39. The lowest BCUT2D eigenvalue weighted by atomic mass is 10.2. The highest BCUT2D eigenvalue weighted by atomic mass is 16.7. The van der Waals surface area contributed by atoms with Crippen LogP contribution in [0.3, 0.4) is 0 Å². The highest BCUT2D eigenvalue weighted by molar-refractivity contribution is 5.71. The largest absolute Gasteiger partial charge is 0.383 e.